The average Bonchev–Trinajstić information content (AvgIpc) is 3.37. The van der Waals surface area contributed by atoms with Gasteiger partial charge in [-0.1, -0.05) is 283 Å². The van der Waals surface area contributed by atoms with Gasteiger partial charge in [-0.3, -0.25) is 9.59 Å². The van der Waals surface area contributed by atoms with Gasteiger partial charge in [-0.25, -0.2) is 0 Å². The van der Waals surface area contributed by atoms with Crippen LogP contribution in [0.5, 0.6) is 0 Å². The highest BCUT2D eigenvalue weighted by atomic mass is 16.6. The van der Waals surface area contributed by atoms with Crippen molar-refractivity contribution in [3.63, 3.8) is 0 Å². The van der Waals surface area contributed by atoms with Crippen molar-refractivity contribution in [2.24, 2.45) is 0 Å². The molecule has 0 heterocycles. The molecule has 71 heavy (non-hydrogen) atoms. The quantitative estimate of drug-likeness (QED) is 0.0373. The summed E-state index contributed by atoms with van der Waals surface area (Å²) in [7, 11) is 0. The number of allylic oxidation sites excluding steroid dienone is 20. The molecule has 0 fully saturated rings. The highest BCUT2D eigenvalue weighted by Crippen LogP contribution is 2.16. The number of ether oxygens (including phenoxy) is 2. The number of carbonyl (C=O) groups is 2. The van der Waals surface area contributed by atoms with Crippen molar-refractivity contribution in [3.8, 4) is 0 Å². The molecule has 0 aromatic carbocycles. The molecular weight excluding hydrogens is 873 g/mol. The van der Waals surface area contributed by atoms with Crippen LogP contribution in [-0.2, 0) is 19.1 Å². The molecule has 5 nitrogen and oxygen atoms in total. The third-order valence-corrected chi connectivity index (χ3v) is 12.5. The summed E-state index contributed by atoms with van der Waals surface area (Å²) in [6, 6.07) is 0. The lowest BCUT2D eigenvalue weighted by Gasteiger charge is -2.15. The lowest BCUT2D eigenvalue weighted by molar-refractivity contribution is -0.161. The normalized spacial score (nSPS) is 13.1. The third kappa shape index (κ3) is 58.8. The van der Waals surface area contributed by atoms with E-state index in [9.17, 15) is 14.7 Å². The zero-order valence-corrected chi connectivity index (χ0v) is 46.2. The van der Waals surface area contributed by atoms with E-state index < -0.39 is 6.10 Å². The number of hydrogen-bond acceptors (Lipinski definition) is 5. The Morgan fingerprint density at radius 1 is 0.338 bits per heavy atom. The van der Waals surface area contributed by atoms with Crippen LogP contribution in [0, 0.1) is 0 Å². The molecule has 0 aliphatic rings. The van der Waals surface area contributed by atoms with Crippen molar-refractivity contribution in [1.82, 2.24) is 0 Å². The van der Waals surface area contributed by atoms with Gasteiger partial charge < -0.3 is 14.6 Å². The first kappa shape index (κ1) is 67.3. The van der Waals surface area contributed by atoms with Crippen LogP contribution in [0.2, 0.25) is 0 Å². The average molecular weight is 984 g/mol. The second-order valence-corrected chi connectivity index (χ2v) is 19.3. The zero-order chi connectivity index (χ0) is 51.3. The lowest BCUT2D eigenvalue weighted by Crippen LogP contribution is -2.28. The summed E-state index contributed by atoms with van der Waals surface area (Å²) in [5, 5.41) is 9.64. The number of rotatable bonds is 53. The standard InChI is InChI=1S/C66H110O5/c1-3-5-7-9-11-13-15-17-19-21-22-23-24-25-26-27-28-29-30-31-32-33-34-35-36-37-38-39-40-41-42-43-44-45-47-49-51-53-55-57-59-61-66(69)71-64(62-67)63-70-65(68)60-58-56-54-52-50-48-46-20-18-16-14-12-10-8-6-4-2/h5,7,11,13,17,19,22-23,25-26,28-29,31-32,34-35,37-38,40-41,64,67H,3-4,6,8-10,12,14-16,18,20-21,24,27,30,33,36,39,42-63H2,1-2H3/b7-5-,13-11-,19-17-,23-22-,26-25-,29-28-,32-31-,35-34-,38-37-,41-40-. The summed E-state index contributed by atoms with van der Waals surface area (Å²) in [6.07, 6.45) is 88.9. The number of esters is 2. The Morgan fingerprint density at radius 2 is 0.606 bits per heavy atom. The van der Waals surface area contributed by atoms with Crippen LogP contribution < -0.4 is 0 Å². The smallest absolute Gasteiger partial charge is 0.306 e. The van der Waals surface area contributed by atoms with Gasteiger partial charge in [0.15, 0.2) is 6.10 Å². The number of aliphatic hydroxyl groups is 1. The molecule has 0 aromatic rings. The number of aliphatic hydroxyl groups excluding tert-OH is 1. The van der Waals surface area contributed by atoms with Crippen molar-refractivity contribution in [2.45, 2.75) is 270 Å². The maximum atomic E-state index is 12.3. The Hall–Kier alpha value is -3.70. The number of carbonyl (C=O) groups excluding carboxylic acids is 2. The van der Waals surface area contributed by atoms with Crippen molar-refractivity contribution in [2.75, 3.05) is 13.2 Å². The first-order valence-corrected chi connectivity index (χ1v) is 29.6. The third-order valence-electron chi connectivity index (χ3n) is 12.5. The maximum Gasteiger partial charge on any atom is 0.306 e. The molecule has 0 bridgehead atoms. The molecule has 0 saturated carbocycles. The van der Waals surface area contributed by atoms with E-state index in [0.29, 0.717) is 12.8 Å². The molecule has 5 heteroatoms. The highest BCUT2D eigenvalue weighted by Gasteiger charge is 2.16. The molecule has 1 N–H and O–H groups in total. The van der Waals surface area contributed by atoms with Crippen LogP contribution in [0.15, 0.2) is 122 Å². The van der Waals surface area contributed by atoms with Crippen molar-refractivity contribution in [1.29, 1.82) is 0 Å². The molecular formula is C66H110O5. The topological polar surface area (TPSA) is 72.8 Å². The number of unbranched alkanes of at least 4 members (excludes halogenated alkanes) is 25. The second-order valence-electron chi connectivity index (χ2n) is 19.3. The van der Waals surface area contributed by atoms with Crippen LogP contribution in [0.3, 0.4) is 0 Å². The Kier molecular flexibility index (Phi) is 57.4. The molecule has 0 spiro atoms. The first-order chi connectivity index (χ1) is 35.1. The van der Waals surface area contributed by atoms with Crippen LogP contribution >= 0.6 is 0 Å². The van der Waals surface area contributed by atoms with Crippen LogP contribution in [0.4, 0.5) is 0 Å². The molecule has 0 saturated heterocycles. The van der Waals surface area contributed by atoms with Crippen molar-refractivity contribution in [3.05, 3.63) is 122 Å². The van der Waals surface area contributed by atoms with E-state index in [0.717, 1.165) is 103 Å². The molecule has 1 unspecified atom stereocenters. The van der Waals surface area contributed by atoms with E-state index in [2.05, 4.69) is 135 Å². The molecule has 0 aliphatic heterocycles. The van der Waals surface area contributed by atoms with Gasteiger partial charge >= 0.3 is 11.9 Å². The molecule has 1 atom stereocenters. The summed E-state index contributed by atoms with van der Waals surface area (Å²) in [5.41, 5.74) is 0. The molecule has 404 valence electrons. The molecule has 0 radical (unpaired) electrons. The van der Waals surface area contributed by atoms with E-state index in [-0.39, 0.29) is 25.2 Å². The molecule has 0 aliphatic carbocycles. The van der Waals surface area contributed by atoms with E-state index in [4.69, 9.17) is 9.47 Å². The fourth-order valence-electron chi connectivity index (χ4n) is 8.11. The lowest BCUT2D eigenvalue weighted by atomic mass is 10.0. The zero-order valence-electron chi connectivity index (χ0n) is 46.2. The summed E-state index contributed by atoms with van der Waals surface area (Å²) < 4.78 is 10.7. The first-order valence-electron chi connectivity index (χ1n) is 29.6. The van der Waals surface area contributed by atoms with Gasteiger partial charge in [0.05, 0.1) is 6.61 Å². The summed E-state index contributed by atoms with van der Waals surface area (Å²) in [4.78, 5) is 24.5. The van der Waals surface area contributed by atoms with Crippen LogP contribution in [-0.4, -0.2) is 36.4 Å². The van der Waals surface area contributed by atoms with E-state index >= 15 is 0 Å². The molecule has 0 rings (SSSR count). The van der Waals surface area contributed by atoms with Crippen LogP contribution in [0.1, 0.15) is 264 Å². The van der Waals surface area contributed by atoms with Gasteiger partial charge in [-0.15, -0.1) is 0 Å². The van der Waals surface area contributed by atoms with E-state index in [1.54, 1.807) is 0 Å². The predicted molar refractivity (Wildman–Crippen MR) is 311 cm³/mol. The van der Waals surface area contributed by atoms with Crippen molar-refractivity contribution >= 4 is 11.9 Å². The fraction of sp³-hybridized carbons (Fsp3) is 0.667. The molecule has 0 amide bonds. The Labute approximate surface area is 439 Å². The number of hydrogen-bond donors (Lipinski definition) is 1. The Morgan fingerprint density at radius 3 is 0.915 bits per heavy atom. The van der Waals surface area contributed by atoms with E-state index in [1.165, 1.54) is 135 Å². The SMILES string of the molecule is CC/C=C\C/C=C\C/C=C\C/C=C\C/C=C\C/C=C\C/C=C\C/C=C\C/C=C\C/C=C\CCCCCCCCCCCCC(=O)OC(CO)COC(=O)CCCCCCCCCCCCCCCCCC. The molecule has 0 aromatic heterocycles. The maximum absolute atomic E-state index is 12.3. The van der Waals surface area contributed by atoms with Crippen molar-refractivity contribution < 1.29 is 24.2 Å². The summed E-state index contributed by atoms with van der Waals surface area (Å²) >= 11 is 0. The Bertz CT molecular complexity index is 1440. The highest BCUT2D eigenvalue weighted by molar-refractivity contribution is 5.70. The Balaban J connectivity index is 3.57. The van der Waals surface area contributed by atoms with Gasteiger partial charge in [-0.2, -0.15) is 0 Å². The van der Waals surface area contributed by atoms with Crippen LogP contribution in [0.25, 0.3) is 0 Å². The minimum Gasteiger partial charge on any atom is -0.462 e. The largest absolute Gasteiger partial charge is 0.462 e. The summed E-state index contributed by atoms with van der Waals surface area (Å²) in [6.45, 7) is 4.04. The van der Waals surface area contributed by atoms with E-state index in [1.807, 2.05) is 0 Å². The van der Waals surface area contributed by atoms with Gasteiger partial charge in [0.1, 0.15) is 6.61 Å². The van der Waals surface area contributed by atoms with Gasteiger partial charge in [0, 0.05) is 12.8 Å². The second kappa shape index (κ2) is 60.6. The minimum absolute atomic E-state index is 0.0694. The minimum atomic E-state index is -0.779. The predicted octanol–water partition coefficient (Wildman–Crippen LogP) is 20.2. The van der Waals surface area contributed by atoms with Gasteiger partial charge in [-0.05, 0) is 89.9 Å². The van der Waals surface area contributed by atoms with Gasteiger partial charge in [0.25, 0.3) is 0 Å². The summed E-state index contributed by atoms with van der Waals surface area (Å²) in [5.74, 6) is -0.593. The monoisotopic (exact) mass is 983 g/mol. The van der Waals surface area contributed by atoms with Gasteiger partial charge in [0.2, 0.25) is 0 Å². The fourth-order valence-corrected chi connectivity index (χ4v) is 8.11.